The van der Waals surface area contributed by atoms with E-state index in [9.17, 15) is 14.4 Å². The van der Waals surface area contributed by atoms with Crippen molar-refractivity contribution in [2.45, 2.75) is 6.92 Å². The van der Waals surface area contributed by atoms with Crippen LogP contribution in [0.3, 0.4) is 0 Å². The number of esters is 1. The van der Waals surface area contributed by atoms with E-state index in [1.807, 2.05) is 0 Å². The Labute approximate surface area is 207 Å². The summed E-state index contributed by atoms with van der Waals surface area (Å²) in [5.41, 5.74) is 1.80. The molecule has 1 N–H and O–H groups in total. The van der Waals surface area contributed by atoms with Gasteiger partial charge in [0.1, 0.15) is 11.5 Å². The molecule has 5 aromatic rings. The van der Waals surface area contributed by atoms with Gasteiger partial charge in [-0.25, -0.2) is 19.1 Å². The van der Waals surface area contributed by atoms with Crippen molar-refractivity contribution in [2.75, 3.05) is 7.11 Å². The molecule has 9 nitrogen and oxygen atoms in total. The quantitative estimate of drug-likeness (QED) is 0.353. The summed E-state index contributed by atoms with van der Waals surface area (Å²) >= 11 is 6.34. The van der Waals surface area contributed by atoms with E-state index in [0.717, 1.165) is 10.7 Å². The van der Waals surface area contributed by atoms with Crippen molar-refractivity contribution in [3.05, 3.63) is 92.7 Å². The zero-order valence-corrected chi connectivity index (χ0v) is 19.6. The van der Waals surface area contributed by atoms with Crippen LogP contribution in [0.25, 0.3) is 33.6 Å². The second-order valence-corrected chi connectivity index (χ2v) is 8.24. The first-order chi connectivity index (χ1) is 17.3. The molecular weight excluding hydrogens is 491 g/mol. The van der Waals surface area contributed by atoms with Gasteiger partial charge in [0, 0.05) is 16.5 Å². The zero-order valence-electron chi connectivity index (χ0n) is 18.8. The SMILES string of the molecule is COC(=O)c1ccc(-c2nn(C(=O)c3c(C)cccc3Cl)c3cc(-c4n[nH]c(=O)o4)ccc23)c(F)c1. The average molecular weight is 507 g/mol. The molecule has 0 aliphatic carbocycles. The number of ether oxygens (including phenoxy) is 1. The number of fused-ring (bicyclic) bond motifs is 1. The molecule has 36 heavy (non-hydrogen) atoms. The molecule has 0 saturated carbocycles. The lowest BCUT2D eigenvalue weighted by atomic mass is 10.0. The highest BCUT2D eigenvalue weighted by Gasteiger charge is 2.24. The zero-order chi connectivity index (χ0) is 25.6. The minimum Gasteiger partial charge on any atom is -0.465 e. The van der Waals surface area contributed by atoms with Crippen molar-refractivity contribution in [1.82, 2.24) is 20.0 Å². The second kappa shape index (κ2) is 8.90. The number of hydrogen-bond donors (Lipinski definition) is 1. The second-order valence-electron chi connectivity index (χ2n) is 7.83. The number of aryl methyl sites for hydroxylation is 1. The topological polar surface area (TPSA) is 120 Å². The molecule has 0 spiro atoms. The number of nitrogens with one attached hydrogen (secondary N) is 1. The number of aromatic amines is 1. The van der Waals surface area contributed by atoms with Gasteiger partial charge in [-0.05, 0) is 55.0 Å². The third-order valence-corrected chi connectivity index (χ3v) is 5.95. The smallest absolute Gasteiger partial charge is 0.434 e. The number of methoxy groups -OCH3 is 1. The molecule has 2 aromatic heterocycles. The summed E-state index contributed by atoms with van der Waals surface area (Å²) in [5, 5.41) is 11.1. The maximum Gasteiger partial charge on any atom is 0.434 e. The number of carbonyl (C=O) groups excluding carboxylic acids is 2. The number of rotatable bonds is 4. The van der Waals surface area contributed by atoms with Gasteiger partial charge in [-0.2, -0.15) is 9.78 Å². The van der Waals surface area contributed by atoms with Gasteiger partial charge in [-0.1, -0.05) is 23.7 Å². The lowest BCUT2D eigenvalue weighted by molar-refractivity contribution is 0.0600. The Bertz CT molecular complexity index is 1720. The molecular formula is C25H16ClFN4O5. The molecule has 0 saturated heterocycles. The molecule has 0 atom stereocenters. The first-order valence-corrected chi connectivity index (χ1v) is 10.9. The van der Waals surface area contributed by atoms with E-state index in [2.05, 4.69) is 20.0 Å². The first-order valence-electron chi connectivity index (χ1n) is 10.5. The van der Waals surface area contributed by atoms with Crippen molar-refractivity contribution in [2.24, 2.45) is 0 Å². The van der Waals surface area contributed by atoms with Crippen molar-refractivity contribution < 1.29 is 23.1 Å². The van der Waals surface area contributed by atoms with Gasteiger partial charge in [0.2, 0.25) is 5.89 Å². The highest BCUT2D eigenvalue weighted by Crippen LogP contribution is 2.34. The van der Waals surface area contributed by atoms with E-state index in [1.54, 1.807) is 43.3 Å². The number of aromatic nitrogens is 4. The molecule has 2 heterocycles. The van der Waals surface area contributed by atoms with Crippen LogP contribution in [-0.2, 0) is 4.74 Å². The summed E-state index contributed by atoms with van der Waals surface area (Å²) in [7, 11) is 1.20. The van der Waals surface area contributed by atoms with E-state index in [-0.39, 0.29) is 33.3 Å². The summed E-state index contributed by atoms with van der Waals surface area (Å²) in [4.78, 5) is 36.9. The molecule has 0 bridgehead atoms. The monoisotopic (exact) mass is 506 g/mol. The molecule has 5 rings (SSSR count). The maximum atomic E-state index is 15.1. The molecule has 0 aliphatic rings. The Morgan fingerprint density at radius 1 is 1.14 bits per heavy atom. The Kier molecular flexibility index (Phi) is 5.73. The van der Waals surface area contributed by atoms with Crippen LogP contribution in [0.2, 0.25) is 5.02 Å². The van der Waals surface area contributed by atoms with Crippen molar-refractivity contribution in [3.63, 3.8) is 0 Å². The highest BCUT2D eigenvalue weighted by atomic mass is 35.5. The number of hydrogen-bond acceptors (Lipinski definition) is 7. The lowest BCUT2D eigenvalue weighted by Crippen LogP contribution is -2.15. The number of halogens is 2. The molecule has 0 fully saturated rings. The summed E-state index contributed by atoms with van der Waals surface area (Å²) in [6.07, 6.45) is 0. The van der Waals surface area contributed by atoms with Crippen LogP contribution in [0.1, 0.15) is 26.3 Å². The van der Waals surface area contributed by atoms with Gasteiger partial charge < -0.3 is 9.15 Å². The van der Waals surface area contributed by atoms with Crippen molar-refractivity contribution >= 4 is 34.4 Å². The van der Waals surface area contributed by atoms with Gasteiger partial charge in [0.15, 0.2) is 0 Å². The number of benzene rings is 3. The van der Waals surface area contributed by atoms with E-state index in [1.165, 1.54) is 19.2 Å². The van der Waals surface area contributed by atoms with Gasteiger partial charge in [0.25, 0.3) is 5.91 Å². The first kappa shape index (κ1) is 23.2. The molecule has 11 heteroatoms. The maximum absolute atomic E-state index is 15.1. The molecule has 0 radical (unpaired) electrons. The predicted molar refractivity (Wildman–Crippen MR) is 129 cm³/mol. The van der Waals surface area contributed by atoms with Gasteiger partial charge in [-0.3, -0.25) is 4.79 Å². The summed E-state index contributed by atoms with van der Waals surface area (Å²) in [6.45, 7) is 1.74. The Hall–Kier alpha value is -4.57. The van der Waals surface area contributed by atoms with Crippen LogP contribution in [-0.4, -0.2) is 39.0 Å². The van der Waals surface area contributed by atoms with E-state index < -0.39 is 23.4 Å². The van der Waals surface area contributed by atoms with Gasteiger partial charge >= 0.3 is 11.7 Å². The molecule has 3 aromatic carbocycles. The molecule has 0 amide bonds. The van der Waals surface area contributed by atoms with Crippen LogP contribution >= 0.6 is 11.6 Å². The third-order valence-electron chi connectivity index (χ3n) is 5.64. The average Bonchev–Trinajstić information content (AvgIpc) is 3.46. The minimum atomic E-state index is -0.741. The third kappa shape index (κ3) is 3.87. The molecule has 0 unspecified atom stereocenters. The summed E-state index contributed by atoms with van der Waals surface area (Å²) in [6, 6.07) is 13.6. The number of H-pyrrole nitrogens is 1. The van der Waals surface area contributed by atoms with E-state index in [4.69, 9.17) is 16.0 Å². The summed E-state index contributed by atoms with van der Waals surface area (Å²) in [5.74, 6) is -2.69. The fourth-order valence-electron chi connectivity index (χ4n) is 3.92. The van der Waals surface area contributed by atoms with Crippen LogP contribution in [0.5, 0.6) is 0 Å². The van der Waals surface area contributed by atoms with Gasteiger partial charge in [-0.15, -0.1) is 5.10 Å². The largest absolute Gasteiger partial charge is 0.465 e. The Balaban J connectivity index is 1.75. The van der Waals surface area contributed by atoms with Crippen molar-refractivity contribution in [3.8, 4) is 22.7 Å². The predicted octanol–water partition coefficient (Wildman–Crippen LogP) is 4.62. The Morgan fingerprint density at radius 3 is 2.61 bits per heavy atom. The fourth-order valence-corrected chi connectivity index (χ4v) is 4.22. The molecule has 0 aliphatic heterocycles. The Morgan fingerprint density at radius 2 is 1.94 bits per heavy atom. The standard InChI is InChI=1S/C25H16ClFN4O5/c1-12-4-3-5-17(26)20(12)23(32)31-19-11-13(22-28-29-25(34)36-22)6-9-16(19)21(30-31)15-8-7-14(10-18(15)27)24(33)35-2/h3-11H,1-2H3,(H,29,34). The van der Waals surface area contributed by atoms with Crippen LogP contribution in [0.15, 0.2) is 63.8 Å². The van der Waals surface area contributed by atoms with E-state index >= 15 is 4.39 Å². The number of nitrogens with zero attached hydrogens (tertiary/aromatic N) is 3. The summed E-state index contributed by atoms with van der Waals surface area (Å²) < 4.78 is 25.9. The minimum absolute atomic E-state index is 0.00573. The number of carbonyl (C=O) groups is 2. The highest BCUT2D eigenvalue weighted by molar-refractivity contribution is 6.34. The molecule has 180 valence electrons. The van der Waals surface area contributed by atoms with Crippen LogP contribution in [0, 0.1) is 12.7 Å². The lowest BCUT2D eigenvalue weighted by Gasteiger charge is -2.08. The van der Waals surface area contributed by atoms with E-state index in [0.29, 0.717) is 22.0 Å². The van der Waals surface area contributed by atoms with Crippen molar-refractivity contribution in [1.29, 1.82) is 0 Å². The van der Waals surface area contributed by atoms with Gasteiger partial charge in [0.05, 0.1) is 28.8 Å². The normalized spacial score (nSPS) is 11.1. The van der Waals surface area contributed by atoms with Crippen LogP contribution < -0.4 is 5.76 Å². The van der Waals surface area contributed by atoms with Crippen LogP contribution in [0.4, 0.5) is 4.39 Å². The fraction of sp³-hybridized carbons (Fsp3) is 0.0800.